The summed E-state index contributed by atoms with van der Waals surface area (Å²) in [6.07, 6.45) is 2.68. The first-order chi connectivity index (χ1) is 9.63. The Morgan fingerprint density at radius 1 is 1.15 bits per heavy atom. The lowest BCUT2D eigenvalue weighted by molar-refractivity contribution is -0.131. The van der Waals surface area contributed by atoms with Crippen LogP contribution in [0.5, 0.6) is 0 Å². The van der Waals surface area contributed by atoms with Gasteiger partial charge in [0.1, 0.15) is 0 Å². The Labute approximate surface area is 130 Å². The number of nitrogens with zero attached hydrogens (tertiary/aromatic N) is 2. The van der Waals surface area contributed by atoms with Gasteiger partial charge in [-0.15, -0.1) is 0 Å². The smallest absolute Gasteiger partial charge is 0.222 e. The van der Waals surface area contributed by atoms with Gasteiger partial charge in [-0.3, -0.25) is 4.79 Å². The maximum atomic E-state index is 12.0. The molecule has 3 nitrogen and oxygen atoms in total. The first-order valence-electron chi connectivity index (χ1n) is 7.10. The van der Waals surface area contributed by atoms with Crippen molar-refractivity contribution in [1.29, 1.82) is 0 Å². The summed E-state index contributed by atoms with van der Waals surface area (Å²) in [7, 11) is 0. The lowest BCUT2D eigenvalue weighted by Gasteiger charge is -2.37. The van der Waals surface area contributed by atoms with Crippen molar-refractivity contribution in [2.24, 2.45) is 0 Å². The number of hydrogen-bond donors (Lipinski definition) is 0. The number of rotatable bonds is 4. The summed E-state index contributed by atoms with van der Waals surface area (Å²) < 4.78 is 0. The molecule has 1 amide bonds. The molecule has 0 aliphatic carbocycles. The predicted octanol–water partition coefficient (Wildman–Crippen LogP) is 3.83. The van der Waals surface area contributed by atoms with E-state index in [0.29, 0.717) is 16.5 Å². The van der Waals surface area contributed by atoms with Crippen LogP contribution in [0, 0.1) is 0 Å². The molecule has 0 saturated carbocycles. The lowest BCUT2D eigenvalue weighted by Crippen LogP contribution is -2.48. The SMILES string of the molecule is CCCCC(=O)N1CCN(c2c(Cl)cccc2Cl)CC1. The van der Waals surface area contributed by atoms with Crippen LogP contribution in [0.4, 0.5) is 5.69 Å². The second-order valence-electron chi connectivity index (χ2n) is 5.04. The van der Waals surface area contributed by atoms with Crippen molar-refractivity contribution in [3.8, 4) is 0 Å². The minimum atomic E-state index is 0.261. The highest BCUT2D eigenvalue weighted by Gasteiger charge is 2.23. The molecule has 1 saturated heterocycles. The normalized spacial score (nSPS) is 15.6. The van der Waals surface area contributed by atoms with Crippen LogP contribution >= 0.6 is 23.2 Å². The number of benzene rings is 1. The average Bonchev–Trinajstić information content (AvgIpc) is 2.45. The van der Waals surface area contributed by atoms with E-state index in [9.17, 15) is 4.79 Å². The summed E-state index contributed by atoms with van der Waals surface area (Å²) in [4.78, 5) is 16.1. The van der Waals surface area contributed by atoms with Gasteiger partial charge < -0.3 is 9.80 Å². The number of halogens is 2. The Kier molecular flexibility index (Phi) is 5.55. The van der Waals surface area contributed by atoms with E-state index in [4.69, 9.17) is 23.2 Å². The van der Waals surface area contributed by atoms with Gasteiger partial charge in [-0.1, -0.05) is 42.6 Å². The Balaban J connectivity index is 1.96. The lowest BCUT2D eigenvalue weighted by atomic mass is 10.2. The van der Waals surface area contributed by atoms with Gasteiger partial charge in [-0.25, -0.2) is 0 Å². The van der Waals surface area contributed by atoms with Crippen molar-refractivity contribution in [3.05, 3.63) is 28.2 Å². The summed E-state index contributed by atoms with van der Waals surface area (Å²) >= 11 is 12.4. The second kappa shape index (κ2) is 7.19. The predicted molar refractivity (Wildman–Crippen MR) is 84.8 cm³/mol. The highest BCUT2D eigenvalue weighted by Crippen LogP contribution is 2.33. The number of piperazine rings is 1. The van der Waals surface area contributed by atoms with E-state index in [1.807, 2.05) is 23.1 Å². The van der Waals surface area contributed by atoms with Crippen molar-refractivity contribution in [3.63, 3.8) is 0 Å². The first kappa shape index (κ1) is 15.5. The highest BCUT2D eigenvalue weighted by molar-refractivity contribution is 6.39. The van der Waals surface area contributed by atoms with Gasteiger partial charge in [0, 0.05) is 32.6 Å². The zero-order valence-corrected chi connectivity index (χ0v) is 13.3. The molecular formula is C15H20Cl2N2O. The average molecular weight is 315 g/mol. The minimum absolute atomic E-state index is 0.261. The van der Waals surface area contributed by atoms with Crippen LogP contribution in [-0.2, 0) is 4.79 Å². The maximum Gasteiger partial charge on any atom is 0.222 e. The molecule has 0 bridgehead atoms. The van der Waals surface area contributed by atoms with Gasteiger partial charge in [0.2, 0.25) is 5.91 Å². The van der Waals surface area contributed by atoms with Gasteiger partial charge in [0.05, 0.1) is 15.7 Å². The number of hydrogen-bond acceptors (Lipinski definition) is 2. The van der Waals surface area contributed by atoms with Gasteiger partial charge in [-0.2, -0.15) is 0 Å². The van der Waals surface area contributed by atoms with Gasteiger partial charge in [0.25, 0.3) is 0 Å². The van der Waals surface area contributed by atoms with E-state index >= 15 is 0 Å². The summed E-state index contributed by atoms with van der Waals surface area (Å²) in [5.74, 6) is 0.261. The van der Waals surface area contributed by atoms with Gasteiger partial charge >= 0.3 is 0 Å². The summed E-state index contributed by atoms with van der Waals surface area (Å²) in [5.41, 5.74) is 0.886. The fourth-order valence-electron chi connectivity index (χ4n) is 2.46. The molecule has 1 aromatic rings. The highest BCUT2D eigenvalue weighted by atomic mass is 35.5. The van der Waals surface area contributed by atoms with Crippen LogP contribution in [0.15, 0.2) is 18.2 Å². The van der Waals surface area contributed by atoms with E-state index in [-0.39, 0.29) is 5.91 Å². The van der Waals surface area contributed by atoms with Crippen LogP contribution in [0.2, 0.25) is 10.0 Å². The number of carbonyl (C=O) groups is 1. The van der Waals surface area contributed by atoms with Crippen molar-refractivity contribution >= 4 is 34.8 Å². The fourth-order valence-corrected chi connectivity index (χ4v) is 3.09. The molecule has 0 spiro atoms. The van der Waals surface area contributed by atoms with Crippen LogP contribution in [0.1, 0.15) is 26.2 Å². The van der Waals surface area contributed by atoms with Gasteiger partial charge in [-0.05, 0) is 18.6 Å². The van der Waals surface area contributed by atoms with E-state index in [2.05, 4.69) is 11.8 Å². The molecule has 110 valence electrons. The Bertz CT molecular complexity index is 451. The van der Waals surface area contributed by atoms with Crippen molar-refractivity contribution in [2.75, 3.05) is 31.1 Å². The summed E-state index contributed by atoms with van der Waals surface area (Å²) in [5, 5.41) is 1.34. The Morgan fingerprint density at radius 2 is 1.75 bits per heavy atom. The quantitative estimate of drug-likeness (QED) is 0.843. The van der Waals surface area contributed by atoms with Crippen LogP contribution in [0.25, 0.3) is 0 Å². The van der Waals surface area contributed by atoms with Crippen molar-refractivity contribution in [2.45, 2.75) is 26.2 Å². The first-order valence-corrected chi connectivity index (χ1v) is 7.85. The van der Waals surface area contributed by atoms with Crippen LogP contribution < -0.4 is 4.90 Å². The molecule has 0 unspecified atom stereocenters. The third-order valence-corrected chi connectivity index (χ3v) is 4.24. The third-order valence-electron chi connectivity index (χ3n) is 3.63. The minimum Gasteiger partial charge on any atom is -0.366 e. The molecule has 0 atom stereocenters. The Hall–Kier alpha value is -0.930. The summed E-state index contributed by atoms with van der Waals surface area (Å²) in [6, 6.07) is 5.54. The monoisotopic (exact) mass is 314 g/mol. The van der Waals surface area contributed by atoms with Crippen molar-refractivity contribution in [1.82, 2.24) is 4.90 Å². The molecule has 0 aromatic heterocycles. The van der Waals surface area contributed by atoms with Crippen LogP contribution in [0.3, 0.4) is 0 Å². The van der Waals surface area contributed by atoms with E-state index in [0.717, 1.165) is 44.7 Å². The zero-order valence-electron chi connectivity index (χ0n) is 11.7. The number of amides is 1. The van der Waals surface area contributed by atoms with E-state index in [1.54, 1.807) is 0 Å². The molecule has 1 heterocycles. The summed E-state index contributed by atoms with van der Waals surface area (Å²) in [6.45, 7) is 5.14. The van der Waals surface area contributed by atoms with Crippen molar-refractivity contribution < 1.29 is 4.79 Å². The largest absolute Gasteiger partial charge is 0.366 e. The molecule has 1 aliphatic heterocycles. The molecule has 1 aliphatic rings. The van der Waals surface area contributed by atoms with E-state index < -0.39 is 0 Å². The van der Waals surface area contributed by atoms with Gasteiger partial charge in [0.15, 0.2) is 0 Å². The van der Waals surface area contributed by atoms with E-state index in [1.165, 1.54) is 0 Å². The molecular weight excluding hydrogens is 295 g/mol. The molecule has 1 aromatic carbocycles. The molecule has 1 fully saturated rings. The van der Waals surface area contributed by atoms with Crippen LogP contribution in [-0.4, -0.2) is 37.0 Å². The molecule has 0 N–H and O–H groups in total. The number of unbranched alkanes of at least 4 members (excludes halogenated alkanes) is 1. The molecule has 2 rings (SSSR count). The molecule has 5 heteroatoms. The molecule has 0 radical (unpaired) electrons. The number of anilines is 1. The standard InChI is InChI=1S/C15H20Cl2N2O/c1-2-3-7-14(20)18-8-10-19(11-9-18)15-12(16)5-4-6-13(15)17/h4-6H,2-3,7-11H2,1H3. The number of para-hydroxylation sites is 1. The topological polar surface area (TPSA) is 23.6 Å². The maximum absolute atomic E-state index is 12.0. The second-order valence-corrected chi connectivity index (χ2v) is 5.86. The molecule has 20 heavy (non-hydrogen) atoms. The zero-order chi connectivity index (χ0) is 14.5. The Morgan fingerprint density at radius 3 is 2.30 bits per heavy atom. The fraction of sp³-hybridized carbons (Fsp3) is 0.533. The third kappa shape index (κ3) is 3.58. The number of carbonyl (C=O) groups excluding carboxylic acids is 1.